The van der Waals surface area contributed by atoms with E-state index in [0.29, 0.717) is 31.3 Å². The molecule has 1 aromatic carbocycles. The topological polar surface area (TPSA) is 93.7 Å². The van der Waals surface area contributed by atoms with Crippen molar-refractivity contribution in [2.24, 2.45) is 11.8 Å². The Labute approximate surface area is 149 Å². The summed E-state index contributed by atoms with van der Waals surface area (Å²) in [5, 5.41) is 2.78. The van der Waals surface area contributed by atoms with Crippen molar-refractivity contribution >= 4 is 15.9 Å². The van der Waals surface area contributed by atoms with Gasteiger partial charge in [0.2, 0.25) is 15.9 Å². The van der Waals surface area contributed by atoms with Gasteiger partial charge in [0.25, 0.3) is 0 Å². The molecule has 1 aliphatic rings. The smallest absolute Gasteiger partial charge is 0.241 e. The number of nitrogens with one attached hydrogen (secondary N) is 2. The molecule has 2 N–H and O–H groups in total. The molecule has 0 bridgehead atoms. The van der Waals surface area contributed by atoms with Gasteiger partial charge in [0, 0.05) is 12.6 Å². The molecule has 1 heterocycles. The van der Waals surface area contributed by atoms with Crippen LogP contribution in [0.4, 0.5) is 0 Å². The average Bonchev–Trinajstić information content (AvgIpc) is 2.56. The number of rotatable bonds is 7. The second kappa shape index (κ2) is 8.05. The second-order valence-corrected chi connectivity index (χ2v) is 8.50. The minimum Gasteiger partial charge on any atom is -0.486 e. The van der Waals surface area contributed by atoms with Crippen LogP contribution in [0, 0.1) is 11.8 Å². The zero-order valence-corrected chi connectivity index (χ0v) is 15.9. The molecule has 0 fully saturated rings. The third kappa shape index (κ3) is 5.09. The Hall–Kier alpha value is -1.80. The van der Waals surface area contributed by atoms with E-state index in [1.54, 1.807) is 19.9 Å². The first-order chi connectivity index (χ1) is 11.7. The lowest BCUT2D eigenvalue weighted by molar-refractivity contribution is -0.123. The molecule has 0 saturated carbocycles. The molecule has 2 rings (SSSR count). The van der Waals surface area contributed by atoms with Gasteiger partial charge in [0.05, 0.1) is 4.90 Å². The van der Waals surface area contributed by atoms with E-state index in [4.69, 9.17) is 9.47 Å². The zero-order chi connectivity index (χ0) is 18.6. The van der Waals surface area contributed by atoms with E-state index in [1.165, 1.54) is 12.1 Å². The van der Waals surface area contributed by atoms with Crippen LogP contribution >= 0.6 is 0 Å². The third-order valence-electron chi connectivity index (χ3n) is 3.74. The Morgan fingerprint density at radius 3 is 2.36 bits per heavy atom. The molecule has 0 aliphatic carbocycles. The maximum absolute atomic E-state index is 12.7. The van der Waals surface area contributed by atoms with Gasteiger partial charge in [-0.05, 0) is 24.0 Å². The first-order valence-corrected chi connectivity index (χ1v) is 9.88. The largest absolute Gasteiger partial charge is 0.486 e. The standard InChI is InChI=1S/C17H26N2O5S/c1-11(2)10-18-17(20)16(12(3)4)19-25(21,22)13-5-6-14-15(9-13)24-8-7-23-14/h5-6,9,11-12,16,19H,7-8,10H2,1-4H3,(H,18,20)/t16-/m0/s1. The lowest BCUT2D eigenvalue weighted by atomic mass is 10.0. The molecule has 0 unspecified atom stereocenters. The van der Waals surface area contributed by atoms with Gasteiger partial charge in [-0.2, -0.15) is 4.72 Å². The summed E-state index contributed by atoms with van der Waals surface area (Å²) in [5.74, 6) is 0.662. The van der Waals surface area contributed by atoms with Gasteiger partial charge < -0.3 is 14.8 Å². The fourth-order valence-corrected chi connectivity index (χ4v) is 3.69. The van der Waals surface area contributed by atoms with Crippen LogP contribution in [0.2, 0.25) is 0 Å². The highest BCUT2D eigenvalue weighted by Gasteiger charge is 2.29. The van der Waals surface area contributed by atoms with E-state index in [-0.39, 0.29) is 22.6 Å². The fourth-order valence-electron chi connectivity index (χ4n) is 2.33. The summed E-state index contributed by atoms with van der Waals surface area (Å²) in [7, 11) is -3.87. The first kappa shape index (κ1) is 19.5. The van der Waals surface area contributed by atoms with Crippen molar-refractivity contribution < 1.29 is 22.7 Å². The van der Waals surface area contributed by atoms with Crippen LogP contribution < -0.4 is 19.5 Å². The molecule has 7 nitrogen and oxygen atoms in total. The molecule has 0 saturated heterocycles. The van der Waals surface area contributed by atoms with Crippen molar-refractivity contribution in [1.29, 1.82) is 0 Å². The number of fused-ring (bicyclic) bond motifs is 1. The van der Waals surface area contributed by atoms with Crippen molar-refractivity contribution in [3.05, 3.63) is 18.2 Å². The van der Waals surface area contributed by atoms with Gasteiger partial charge >= 0.3 is 0 Å². The fraction of sp³-hybridized carbons (Fsp3) is 0.588. The average molecular weight is 370 g/mol. The highest BCUT2D eigenvalue weighted by Crippen LogP contribution is 2.32. The Morgan fingerprint density at radius 1 is 1.12 bits per heavy atom. The molecule has 25 heavy (non-hydrogen) atoms. The predicted octanol–water partition coefficient (Wildman–Crippen LogP) is 1.53. The van der Waals surface area contributed by atoms with E-state index >= 15 is 0 Å². The summed E-state index contributed by atoms with van der Waals surface area (Å²) in [4.78, 5) is 12.4. The minimum absolute atomic E-state index is 0.0408. The van der Waals surface area contributed by atoms with E-state index in [1.807, 2.05) is 13.8 Å². The van der Waals surface area contributed by atoms with Crippen molar-refractivity contribution in [1.82, 2.24) is 10.0 Å². The lowest BCUT2D eigenvalue weighted by Gasteiger charge is -2.23. The summed E-state index contributed by atoms with van der Waals surface area (Å²) >= 11 is 0. The van der Waals surface area contributed by atoms with Crippen LogP contribution in [0.15, 0.2) is 23.1 Å². The molecule has 8 heteroatoms. The molecule has 1 aromatic rings. The van der Waals surface area contributed by atoms with Crippen LogP contribution in [-0.2, 0) is 14.8 Å². The van der Waals surface area contributed by atoms with E-state index in [9.17, 15) is 13.2 Å². The summed E-state index contributed by atoms with van der Waals surface area (Å²) in [5.41, 5.74) is 0. The zero-order valence-electron chi connectivity index (χ0n) is 15.0. The molecule has 1 amide bonds. The number of sulfonamides is 1. The first-order valence-electron chi connectivity index (χ1n) is 8.40. The molecule has 1 atom stereocenters. The third-order valence-corrected chi connectivity index (χ3v) is 5.18. The molecule has 0 radical (unpaired) electrons. The Bertz CT molecular complexity index is 716. The van der Waals surface area contributed by atoms with Crippen LogP contribution in [0.3, 0.4) is 0 Å². The Morgan fingerprint density at radius 2 is 1.76 bits per heavy atom. The molecular weight excluding hydrogens is 344 g/mol. The van der Waals surface area contributed by atoms with Crippen molar-refractivity contribution in [2.45, 2.75) is 38.6 Å². The number of amides is 1. The van der Waals surface area contributed by atoms with Crippen LogP contribution in [0.5, 0.6) is 11.5 Å². The highest BCUT2D eigenvalue weighted by atomic mass is 32.2. The van der Waals surface area contributed by atoms with Crippen LogP contribution in [-0.4, -0.2) is 40.1 Å². The monoisotopic (exact) mass is 370 g/mol. The summed E-state index contributed by atoms with van der Waals surface area (Å²) in [6.07, 6.45) is 0. The highest BCUT2D eigenvalue weighted by molar-refractivity contribution is 7.89. The van der Waals surface area contributed by atoms with Crippen molar-refractivity contribution in [2.75, 3.05) is 19.8 Å². The van der Waals surface area contributed by atoms with Gasteiger partial charge in [0.15, 0.2) is 11.5 Å². The van der Waals surface area contributed by atoms with Gasteiger partial charge in [-0.1, -0.05) is 27.7 Å². The molecule has 0 spiro atoms. The van der Waals surface area contributed by atoms with Gasteiger partial charge in [-0.15, -0.1) is 0 Å². The van der Waals surface area contributed by atoms with Crippen molar-refractivity contribution in [3.8, 4) is 11.5 Å². The van der Waals surface area contributed by atoms with E-state index < -0.39 is 16.1 Å². The minimum atomic E-state index is -3.87. The number of benzene rings is 1. The summed E-state index contributed by atoms with van der Waals surface area (Å²) in [6, 6.07) is 3.57. The van der Waals surface area contributed by atoms with E-state index in [2.05, 4.69) is 10.0 Å². The second-order valence-electron chi connectivity index (χ2n) is 6.79. The number of hydrogen-bond donors (Lipinski definition) is 2. The summed E-state index contributed by atoms with van der Waals surface area (Å²) in [6.45, 7) is 8.85. The molecule has 140 valence electrons. The van der Waals surface area contributed by atoms with Crippen molar-refractivity contribution in [3.63, 3.8) is 0 Å². The number of ether oxygens (including phenoxy) is 2. The maximum atomic E-state index is 12.7. The number of carbonyl (C=O) groups excluding carboxylic acids is 1. The van der Waals surface area contributed by atoms with Gasteiger partial charge in [0.1, 0.15) is 19.3 Å². The number of carbonyl (C=O) groups is 1. The quantitative estimate of drug-likeness (QED) is 0.759. The maximum Gasteiger partial charge on any atom is 0.241 e. The van der Waals surface area contributed by atoms with E-state index in [0.717, 1.165) is 0 Å². The SMILES string of the molecule is CC(C)CNC(=O)[C@@H](NS(=O)(=O)c1ccc2c(c1)OCCO2)C(C)C. The van der Waals surface area contributed by atoms with Crippen LogP contribution in [0.1, 0.15) is 27.7 Å². The lowest BCUT2D eigenvalue weighted by Crippen LogP contribution is -2.50. The van der Waals surface area contributed by atoms with Crippen LogP contribution in [0.25, 0.3) is 0 Å². The Kier molecular flexibility index (Phi) is 6.29. The Balaban J connectivity index is 2.18. The van der Waals surface area contributed by atoms with Gasteiger partial charge in [-0.3, -0.25) is 4.79 Å². The van der Waals surface area contributed by atoms with Gasteiger partial charge in [-0.25, -0.2) is 8.42 Å². The molecular formula is C17H26N2O5S. The normalized spacial score (nSPS) is 15.3. The predicted molar refractivity (Wildman–Crippen MR) is 94.2 cm³/mol. The molecule has 1 aliphatic heterocycles. The number of hydrogen-bond acceptors (Lipinski definition) is 5. The molecule has 0 aromatic heterocycles. The summed E-state index contributed by atoms with van der Waals surface area (Å²) < 4.78 is 38.7.